The van der Waals surface area contributed by atoms with E-state index < -0.39 is 6.03 Å². The molecule has 1 aliphatic heterocycles. The Balaban J connectivity index is 2.57. The van der Waals surface area contributed by atoms with Crippen LogP contribution in [0.15, 0.2) is 0 Å². The van der Waals surface area contributed by atoms with Crippen molar-refractivity contribution in [2.24, 2.45) is 0 Å². The molecule has 1 aliphatic rings. The largest absolute Gasteiger partial charge is 0.341 e. The molecule has 6 nitrogen and oxygen atoms in total. The first kappa shape index (κ1) is 14.9. The number of urea groups is 1. The molecule has 3 N–H and O–H groups in total. The first-order valence-corrected chi connectivity index (χ1v) is 6.59. The Hall–Kier alpha value is -1.14. The van der Waals surface area contributed by atoms with Crippen molar-refractivity contribution in [2.45, 2.75) is 38.8 Å². The molecule has 0 aliphatic carbocycles. The third-order valence-electron chi connectivity index (χ3n) is 3.45. The zero-order chi connectivity index (χ0) is 13.5. The van der Waals surface area contributed by atoms with Crippen LogP contribution in [0, 0.1) is 0 Å². The molecule has 0 aromatic heterocycles. The second kappa shape index (κ2) is 7.33. The van der Waals surface area contributed by atoms with E-state index in [4.69, 9.17) is 0 Å². The highest BCUT2D eigenvalue weighted by Gasteiger charge is 2.28. The molecule has 104 valence electrons. The molecule has 6 heteroatoms. The van der Waals surface area contributed by atoms with Crippen molar-refractivity contribution >= 4 is 11.9 Å². The highest BCUT2D eigenvalue weighted by molar-refractivity contribution is 5.96. The summed E-state index contributed by atoms with van der Waals surface area (Å²) in [6.07, 6.45) is 2.23. The van der Waals surface area contributed by atoms with E-state index in [1.807, 2.05) is 13.8 Å². The van der Waals surface area contributed by atoms with Crippen LogP contribution in [0.5, 0.6) is 0 Å². The Morgan fingerprint density at radius 1 is 1.50 bits per heavy atom. The smallest absolute Gasteiger partial charge is 0.321 e. The normalized spacial score (nSPS) is 21.4. The zero-order valence-electron chi connectivity index (χ0n) is 11.5. The van der Waals surface area contributed by atoms with Gasteiger partial charge in [0.05, 0.1) is 6.04 Å². The zero-order valence-corrected chi connectivity index (χ0v) is 11.5. The predicted octanol–water partition coefficient (Wildman–Crippen LogP) is -0.0956. The maximum absolute atomic E-state index is 11.9. The maximum atomic E-state index is 11.9. The van der Waals surface area contributed by atoms with Gasteiger partial charge in [-0.25, -0.2) is 4.79 Å². The highest BCUT2D eigenvalue weighted by atomic mass is 16.2. The average Bonchev–Trinajstić information content (AvgIpc) is 2.40. The van der Waals surface area contributed by atoms with Crippen molar-refractivity contribution in [3.63, 3.8) is 0 Å². The van der Waals surface area contributed by atoms with E-state index in [0.717, 1.165) is 32.5 Å². The Morgan fingerprint density at radius 2 is 2.22 bits per heavy atom. The second-order valence-electron chi connectivity index (χ2n) is 4.57. The molecule has 1 heterocycles. The van der Waals surface area contributed by atoms with Gasteiger partial charge in [-0.05, 0) is 32.9 Å². The van der Waals surface area contributed by atoms with Crippen molar-refractivity contribution < 1.29 is 9.59 Å². The summed E-state index contributed by atoms with van der Waals surface area (Å²) in [5.74, 6) is -0.248. The molecule has 0 radical (unpaired) electrons. The lowest BCUT2D eigenvalue weighted by molar-refractivity contribution is -0.125. The summed E-state index contributed by atoms with van der Waals surface area (Å²) < 4.78 is 0. The first-order chi connectivity index (χ1) is 8.60. The summed E-state index contributed by atoms with van der Waals surface area (Å²) in [6, 6.07) is -0.379. The summed E-state index contributed by atoms with van der Waals surface area (Å²) in [7, 11) is 1.50. The molecule has 0 aromatic rings. The van der Waals surface area contributed by atoms with E-state index in [9.17, 15) is 9.59 Å². The maximum Gasteiger partial charge on any atom is 0.321 e. The van der Waals surface area contributed by atoms with Crippen LogP contribution < -0.4 is 16.0 Å². The molecule has 1 fully saturated rings. The standard InChI is InChI=1S/C12H24N4O2/c1-4-16(10-6-5-7-14-8-10)9(2)11(17)15-12(18)13-3/h9-10,14H,4-8H2,1-3H3,(H2,13,15,17,18). The Bertz CT molecular complexity index is 290. The monoisotopic (exact) mass is 256 g/mol. The minimum atomic E-state index is -0.454. The fourth-order valence-electron chi connectivity index (χ4n) is 2.39. The van der Waals surface area contributed by atoms with E-state index in [-0.39, 0.29) is 11.9 Å². The van der Waals surface area contributed by atoms with Crippen molar-refractivity contribution in [2.75, 3.05) is 26.7 Å². The van der Waals surface area contributed by atoms with Gasteiger partial charge >= 0.3 is 6.03 Å². The number of rotatable bonds is 4. The lowest BCUT2D eigenvalue weighted by atomic mass is 10.0. The molecule has 1 saturated heterocycles. The van der Waals surface area contributed by atoms with Crippen molar-refractivity contribution in [1.29, 1.82) is 0 Å². The van der Waals surface area contributed by atoms with E-state index in [1.54, 1.807) is 0 Å². The SMILES string of the molecule is CCN(C1CCCNC1)C(C)C(=O)NC(=O)NC. The number of likely N-dealkylation sites (N-methyl/N-ethyl adjacent to an activating group) is 1. The third kappa shape index (κ3) is 3.96. The minimum Gasteiger partial charge on any atom is -0.341 e. The molecule has 2 atom stereocenters. The molecule has 18 heavy (non-hydrogen) atoms. The number of hydrogen-bond donors (Lipinski definition) is 3. The minimum absolute atomic E-state index is 0.248. The molecular formula is C12H24N4O2. The van der Waals surface area contributed by atoms with Gasteiger partial charge in [0.15, 0.2) is 0 Å². The van der Waals surface area contributed by atoms with Crippen molar-refractivity contribution in [3.8, 4) is 0 Å². The topological polar surface area (TPSA) is 73.5 Å². The number of imide groups is 1. The van der Waals surface area contributed by atoms with Gasteiger partial charge in [-0.2, -0.15) is 0 Å². The van der Waals surface area contributed by atoms with Gasteiger partial charge in [0.1, 0.15) is 0 Å². The fraction of sp³-hybridized carbons (Fsp3) is 0.833. The number of hydrogen-bond acceptors (Lipinski definition) is 4. The first-order valence-electron chi connectivity index (χ1n) is 6.59. The molecule has 0 aromatic carbocycles. The molecule has 1 rings (SSSR count). The van der Waals surface area contributed by atoms with E-state index in [2.05, 4.69) is 20.9 Å². The van der Waals surface area contributed by atoms with E-state index in [0.29, 0.717) is 6.04 Å². The van der Waals surface area contributed by atoms with E-state index in [1.165, 1.54) is 7.05 Å². The van der Waals surface area contributed by atoms with Crippen molar-refractivity contribution in [3.05, 3.63) is 0 Å². The molecule has 0 saturated carbocycles. The number of nitrogens with zero attached hydrogens (tertiary/aromatic N) is 1. The number of carbonyl (C=O) groups is 2. The number of amides is 3. The average molecular weight is 256 g/mol. The lowest BCUT2D eigenvalue weighted by Crippen LogP contribution is -2.55. The number of nitrogens with one attached hydrogen (secondary N) is 3. The molecular weight excluding hydrogens is 232 g/mol. The summed E-state index contributed by atoms with van der Waals surface area (Å²) in [5, 5.41) is 8.06. The Morgan fingerprint density at radius 3 is 2.72 bits per heavy atom. The predicted molar refractivity (Wildman–Crippen MR) is 70.3 cm³/mol. The Kier molecular flexibility index (Phi) is 6.07. The van der Waals surface area contributed by atoms with Crippen molar-refractivity contribution in [1.82, 2.24) is 20.9 Å². The molecule has 0 bridgehead atoms. The lowest BCUT2D eigenvalue weighted by Gasteiger charge is -2.37. The van der Waals surface area contributed by atoms with Gasteiger partial charge in [0.25, 0.3) is 0 Å². The van der Waals surface area contributed by atoms with Gasteiger partial charge in [-0.3, -0.25) is 15.0 Å². The van der Waals surface area contributed by atoms with Crippen LogP contribution in [0.2, 0.25) is 0 Å². The van der Waals surface area contributed by atoms with E-state index >= 15 is 0 Å². The summed E-state index contributed by atoms with van der Waals surface area (Å²) in [4.78, 5) is 25.2. The molecule has 2 unspecified atom stereocenters. The summed E-state index contributed by atoms with van der Waals surface area (Å²) in [5.41, 5.74) is 0. The van der Waals surface area contributed by atoms with Crippen LogP contribution in [0.4, 0.5) is 4.79 Å². The van der Waals surface area contributed by atoms with Gasteiger partial charge in [0, 0.05) is 19.6 Å². The van der Waals surface area contributed by atoms with Gasteiger partial charge in [0.2, 0.25) is 5.91 Å². The highest BCUT2D eigenvalue weighted by Crippen LogP contribution is 2.13. The van der Waals surface area contributed by atoms with Crippen LogP contribution >= 0.6 is 0 Å². The van der Waals surface area contributed by atoms with Crippen LogP contribution in [-0.4, -0.2) is 55.6 Å². The Labute approximate surface area is 108 Å². The summed E-state index contributed by atoms with van der Waals surface area (Å²) >= 11 is 0. The van der Waals surface area contributed by atoms with Crippen LogP contribution in [-0.2, 0) is 4.79 Å². The summed E-state index contributed by atoms with van der Waals surface area (Å²) in [6.45, 7) is 6.64. The number of piperidine rings is 1. The van der Waals surface area contributed by atoms with Crippen LogP contribution in [0.3, 0.4) is 0 Å². The van der Waals surface area contributed by atoms with Gasteiger partial charge in [-0.1, -0.05) is 6.92 Å². The van der Waals surface area contributed by atoms with Gasteiger partial charge in [-0.15, -0.1) is 0 Å². The van der Waals surface area contributed by atoms with Crippen LogP contribution in [0.1, 0.15) is 26.7 Å². The molecule has 3 amide bonds. The fourth-order valence-corrected chi connectivity index (χ4v) is 2.39. The number of carbonyl (C=O) groups excluding carboxylic acids is 2. The molecule has 0 spiro atoms. The van der Waals surface area contributed by atoms with Crippen LogP contribution in [0.25, 0.3) is 0 Å². The van der Waals surface area contributed by atoms with Gasteiger partial charge < -0.3 is 10.6 Å². The third-order valence-corrected chi connectivity index (χ3v) is 3.45. The quantitative estimate of drug-likeness (QED) is 0.657. The second-order valence-corrected chi connectivity index (χ2v) is 4.57.